The van der Waals surface area contributed by atoms with Crippen molar-refractivity contribution in [1.29, 1.82) is 0 Å². The number of hydrogen-bond acceptors (Lipinski definition) is 7. The molecule has 166 valence electrons. The monoisotopic (exact) mass is 467 g/mol. The van der Waals surface area contributed by atoms with Crippen molar-refractivity contribution < 1.29 is 9.21 Å². The molecule has 1 amide bonds. The fraction of sp³-hybridized carbons (Fsp3) is 0.391. The number of rotatable bonds is 7. The van der Waals surface area contributed by atoms with Crippen LogP contribution in [0.2, 0.25) is 0 Å². The average Bonchev–Trinajstić information content (AvgIpc) is 3.56. The lowest BCUT2D eigenvalue weighted by Gasteiger charge is -2.25. The van der Waals surface area contributed by atoms with E-state index in [4.69, 9.17) is 4.42 Å². The zero-order valence-electron chi connectivity index (χ0n) is 17.9. The first kappa shape index (κ1) is 21.2. The van der Waals surface area contributed by atoms with Crippen LogP contribution >= 0.6 is 23.1 Å². The van der Waals surface area contributed by atoms with Gasteiger partial charge in [-0.2, -0.15) is 0 Å². The molecule has 1 aromatic carbocycles. The molecule has 1 fully saturated rings. The molecule has 0 spiro atoms. The molecular weight excluding hydrogens is 442 g/mol. The van der Waals surface area contributed by atoms with Gasteiger partial charge in [0.15, 0.2) is 10.9 Å². The molecule has 0 aliphatic heterocycles. The number of carbonyl (C=O) groups excluding carboxylic acids is 1. The Kier molecular flexibility index (Phi) is 6.27. The number of thiazole rings is 1. The summed E-state index contributed by atoms with van der Waals surface area (Å²) in [5.41, 5.74) is 0.980. The Hall–Kier alpha value is -2.65. The Balaban J connectivity index is 1.28. The van der Waals surface area contributed by atoms with Gasteiger partial charge in [0, 0.05) is 13.1 Å². The molecule has 3 heterocycles. The second-order valence-electron chi connectivity index (χ2n) is 8.06. The number of hydrogen-bond donors (Lipinski definition) is 0. The number of nitrogens with zero attached hydrogens (tertiary/aromatic N) is 5. The Labute approximate surface area is 194 Å². The Morgan fingerprint density at radius 2 is 2.03 bits per heavy atom. The lowest BCUT2D eigenvalue weighted by atomic mass is 9.95. The van der Waals surface area contributed by atoms with Crippen molar-refractivity contribution >= 4 is 39.2 Å². The maximum absolute atomic E-state index is 12.9. The summed E-state index contributed by atoms with van der Waals surface area (Å²) in [7, 11) is 1.83. The van der Waals surface area contributed by atoms with Crippen LogP contribution in [0.1, 0.15) is 43.2 Å². The van der Waals surface area contributed by atoms with Gasteiger partial charge in [-0.15, -0.1) is 21.5 Å². The highest BCUT2D eigenvalue weighted by Gasteiger charge is 2.25. The molecule has 1 aliphatic carbocycles. The lowest BCUT2D eigenvalue weighted by Crippen LogP contribution is -2.28. The largest absolute Gasteiger partial charge is 0.461 e. The molecule has 0 atom stereocenters. The van der Waals surface area contributed by atoms with E-state index in [-0.39, 0.29) is 5.91 Å². The van der Waals surface area contributed by atoms with Crippen LogP contribution in [0.4, 0.5) is 0 Å². The van der Waals surface area contributed by atoms with Gasteiger partial charge in [0.2, 0.25) is 11.7 Å². The number of thioether (sulfide) groups is 1. The highest BCUT2D eigenvalue weighted by molar-refractivity contribution is 7.99. The normalized spacial score (nSPS) is 14.8. The molecule has 0 saturated heterocycles. The number of furan rings is 1. The number of carbonyl (C=O) groups is 1. The fourth-order valence-electron chi connectivity index (χ4n) is 4.13. The van der Waals surface area contributed by atoms with Crippen molar-refractivity contribution in [3.05, 3.63) is 47.7 Å². The first-order chi connectivity index (χ1) is 15.7. The molecule has 0 radical (unpaired) electrons. The van der Waals surface area contributed by atoms with Crippen LogP contribution in [0.25, 0.3) is 21.8 Å². The van der Waals surface area contributed by atoms with E-state index in [9.17, 15) is 4.79 Å². The second-order valence-corrected chi connectivity index (χ2v) is 10.1. The third kappa shape index (κ3) is 4.45. The van der Waals surface area contributed by atoms with E-state index in [0.717, 1.165) is 39.0 Å². The minimum atomic E-state index is 0.0481. The van der Waals surface area contributed by atoms with Gasteiger partial charge in [-0.25, -0.2) is 4.98 Å². The highest BCUT2D eigenvalue weighted by atomic mass is 32.2. The summed E-state index contributed by atoms with van der Waals surface area (Å²) >= 11 is 3.08. The Morgan fingerprint density at radius 1 is 1.19 bits per heavy atom. The number of amides is 1. The Morgan fingerprint density at radius 3 is 2.81 bits per heavy atom. The van der Waals surface area contributed by atoms with Crippen molar-refractivity contribution in [2.24, 2.45) is 0 Å². The van der Waals surface area contributed by atoms with E-state index in [2.05, 4.69) is 25.8 Å². The predicted octanol–water partition coefficient (Wildman–Crippen LogP) is 5.40. The van der Waals surface area contributed by atoms with Crippen molar-refractivity contribution in [3.8, 4) is 11.6 Å². The van der Waals surface area contributed by atoms with Crippen LogP contribution < -0.4 is 0 Å². The summed E-state index contributed by atoms with van der Waals surface area (Å²) in [6.45, 7) is 0.506. The van der Waals surface area contributed by atoms with E-state index in [0.29, 0.717) is 24.1 Å². The van der Waals surface area contributed by atoms with Crippen LogP contribution in [-0.2, 0) is 11.3 Å². The molecule has 0 N–H and O–H groups in total. The molecule has 5 rings (SSSR count). The fourth-order valence-corrected chi connectivity index (χ4v) is 6.10. The predicted molar refractivity (Wildman–Crippen MR) is 127 cm³/mol. The molecular formula is C23H25N5O2S2. The smallest absolute Gasteiger partial charge is 0.233 e. The van der Waals surface area contributed by atoms with Crippen molar-refractivity contribution in [2.45, 2.75) is 49.8 Å². The molecule has 4 aromatic rings. The van der Waals surface area contributed by atoms with Crippen molar-refractivity contribution in [3.63, 3.8) is 0 Å². The van der Waals surface area contributed by atoms with Gasteiger partial charge in [0.1, 0.15) is 5.01 Å². The molecule has 7 nitrogen and oxygen atoms in total. The van der Waals surface area contributed by atoms with Crippen LogP contribution in [-0.4, -0.2) is 43.4 Å². The first-order valence-corrected chi connectivity index (χ1v) is 12.7. The SMILES string of the molecule is CN(Cc1nc2ccccc2s1)C(=O)CSc1nnc(-c2ccco2)n1C1CCCCC1. The quantitative estimate of drug-likeness (QED) is 0.339. The van der Waals surface area contributed by atoms with Gasteiger partial charge in [-0.05, 0) is 37.1 Å². The van der Waals surface area contributed by atoms with Gasteiger partial charge >= 0.3 is 0 Å². The average molecular weight is 468 g/mol. The first-order valence-electron chi connectivity index (χ1n) is 10.9. The number of benzene rings is 1. The minimum absolute atomic E-state index is 0.0481. The third-order valence-corrected chi connectivity index (χ3v) is 7.76. The number of fused-ring (bicyclic) bond motifs is 1. The van der Waals surface area contributed by atoms with Crippen molar-refractivity contribution in [1.82, 2.24) is 24.6 Å². The third-order valence-electron chi connectivity index (χ3n) is 5.81. The second kappa shape index (κ2) is 9.46. The maximum Gasteiger partial charge on any atom is 0.233 e. The van der Waals surface area contributed by atoms with Gasteiger partial charge in [0.05, 0.1) is 28.8 Å². The van der Waals surface area contributed by atoms with E-state index >= 15 is 0 Å². The highest BCUT2D eigenvalue weighted by Crippen LogP contribution is 2.35. The standard InChI is InChI=1S/C23H25N5O2S2/c1-27(14-20-24-17-10-5-6-12-19(17)32-20)21(29)15-31-23-26-25-22(18-11-7-13-30-18)28(23)16-8-3-2-4-9-16/h5-7,10-13,16H,2-4,8-9,14-15H2,1H3. The molecule has 0 bridgehead atoms. The minimum Gasteiger partial charge on any atom is -0.461 e. The lowest BCUT2D eigenvalue weighted by molar-refractivity contribution is -0.127. The van der Waals surface area contributed by atoms with E-state index < -0.39 is 0 Å². The van der Waals surface area contributed by atoms with Gasteiger partial charge in [0.25, 0.3) is 0 Å². The van der Waals surface area contributed by atoms with Crippen LogP contribution in [0, 0.1) is 0 Å². The molecule has 3 aromatic heterocycles. The summed E-state index contributed by atoms with van der Waals surface area (Å²) in [6, 6.07) is 12.2. The Bertz CT molecular complexity index is 1160. The zero-order valence-corrected chi connectivity index (χ0v) is 19.6. The van der Waals surface area contributed by atoms with E-state index in [1.165, 1.54) is 31.0 Å². The summed E-state index contributed by atoms with van der Waals surface area (Å²) in [4.78, 5) is 19.2. The summed E-state index contributed by atoms with van der Waals surface area (Å²) in [6.07, 6.45) is 7.53. The van der Waals surface area contributed by atoms with E-state index in [1.807, 2.05) is 37.4 Å². The van der Waals surface area contributed by atoms with Gasteiger partial charge in [-0.1, -0.05) is 43.2 Å². The van der Waals surface area contributed by atoms with Crippen LogP contribution in [0.3, 0.4) is 0 Å². The number of para-hydroxylation sites is 1. The summed E-state index contributed by atoms with van der Waals surface area (Å²) < 4.78 is 8.93. The number of aromatic nitrogens is 4. The van der Waals surface area contributed by atoms with Crippen LogP contribution in [0.5, 0.6) is 0 Å². The topological polar surface area (TPSA) is 77.1 Å². The molecule has 1 aliphatic rings. The summed E-state index contributed by atoms with van der Waals surface area (Å²) in [5.74, 6) is 1.82. The van der Waals surface area contributed by atoms with Gasteiger partial charge in [-0.3, -0.25) is 9.36 Å². The van der Waals surface area contributed by atoms with Crippen molar-refractivity contribution in [2.75, 3.05) is 12.8 Å². The molecule has 32 heavy (non-hydrogen) atoms. The molecule has 0 unspecified atom stereocenters. The summed E-state index contributed by atoms with van der Waals surface area (Å²) in [5, 5.41) is 10.6. The van der Waals surface area contributed by atoms with Crippen LogP contribution in [0.15, 0.2) is 52.2 Å². The van der Waals surface area contributed by atoms with E-state index in [1.54, 1.807) is 22.5 Å². The molecule has 1 saturated carbocycles. The molecule has 9 heteroatoms. The maximum atomic E-state index is 12.9. The van der Waals surface area contributed by atoms with Gasteiger partial charge < -0.3 is 9.32 Å². The zero-order chi connectivity index (χ0) is 21.9.